The Balaban J connectivity index is 1.56. The van der Waals surface area contributed by atoms with E-state index in [9.17, 15) is 4.79 Å². The van der Waals surface area contributed by atoms with Crippen molar-refractivity contribution in [3.05, 3.63) is 41.0 Å². The average molecular weight is 283 g/mol. The van der Waals surface area contributed by atoms with Gasteiger partial charge in [-0.1, -0.05) is 12.1 Å². The molecule has 108 valence electrons. The lowest BCUT2D eigenvalue weighted by molar-refractivity contribution is 0.0723. The van der Waals surface area contributed by atoms with E-state index in [1.54, 1.807) is 4.90 Å². The fourth-order valence-corrected chi connectivity index (χ4v) is 2.83. The number of benzene rings is 1. The number of anilines is 1. The van der Waals surface area contributed by atoms with Gasteiger partial charge < -0.3 is 10.6 Å². The van der Waals surface area contributed by atoms with Crippen LogP contribution in [0.5, 0.6) is 0 Å². The largest absolute Gasteiger partial charge is 0.398 e. The number of hydrogen-bond acceptors (Lipinski definition) is 4. The fraction of sp³-hybridized carbons (Fsp3) is 0.400. The molecule has 1 aliphatic carbocycles. The number of H-pyrrole nitrogens is 1. The van der Waals surface area contributed by atoms with Crippen molar-refractivity contribution in [2.45, 2.75) is 31.7 Å². The van der Waals surface area contributed by atoms with E-state index in [2.05, 4.69) is 21.2 Å². The summed E-state index contributed by atoms with van der Waals surface area (Å²) in [6.07, 6.45) is 3.10. The maximum absolute atomic E-state index is 12.5. The predicted octanol–water partition coefficient (Wildman–Crippen LogP) is 1.46. The molecule has 2 heterocycles. The van der Waals surface area contributed by atoms with Crippen LogP contribution in [-0.4, -0.2) is 32.5 Å². The monoisotopic (exact) mass is 283 g/mol. The van der Waals surface area contributed by atoms with Gasteiger partial charge in [0.1, 0.15) is 5.82 Å². The summed E-state index contributed by atoms with van der Waals surface area (Å²) in [5.74, 6) is 1.47. The topological polar surface area (TPSA) is 87.9 Å². The van der Waals surface area contributed by atoms with Crippen LogP contribution in [0.25, 0.3) is 0 Å². The van der Waals surface area contributed by atoms with Gasteiger partial charge in [0.15, 0.2) is 0 Å². The number of nitrogens with two attached hydrogens (primary N) is 1. The fourth-order valence-electron chi connectivity index (χ4n) is 2.83. The third-order valence-electron chi connectivity index (χ3n) is 4.25. The Kier molecular flexibility index (Phi) is 2.70. The van der Waals surface area contributed by atoms with Crippen LogP contribution in [0, 0.1) is 0 Å². The highest BCUT2D eigenvalue weighted by molar-refractivity contribution is 5.90. The zero-order valence-electron chi connectivity index (χ0n) is 11.7. The van der Waals surface area contributed by atoms with Crippen molar-refractivity contribution in [1.82, 2.24) is 20.1 Å². The molecule has 2 aliphatic rings. The normalized spacial score (nSPS) is 17.6. The second kappa shape index (κ2) is 4.58. The van der Waals surface area contributed by atoms with Gasteiger partial charge in [0.05, 0.1) is 0 Å². The Hall–Kier alpha value is -2.37. The first-order valence-electron chi connectivity index (χ1n) is 7.30. The van der Waals surface area contributed by atoms with Crippen molar-refractivity contribution in [2.75, 3.05) is 12.3 Å². The number of nitrogens with one attached hydrogen (secondary N) is 1. The van der Waals surface area contributed by atoms with E-state index >= 15 is 0 Å². The summed E-state index contributed by atoms with van der Waals surface area (Å²) in [6.45, 7) is 1.22. The number of nitrogen functional groups attached to an aromatic ring is 1. The summed E-state index contributed by atoms with van der Waals surface area (Å²) in [6, 6.07) is 5.92. The van der Waals surface area contributed by atoms with Crippen LogP contribution in [0.4, 0.5) is 5.69 Å². The van der Waals surface area contributed by atoms with E-state index in [0.717, 1.165) is 36.3 Å². The summed E-state index contributed by atoms with van der Waals surface area (Å²) in [5, 5.41) is 6.96. The van der Waals surface area contributed by atoms with Gasteiger partial charge in [-0.2, -0.15) is 0 Å². The Bertz CT molecular complexity index is 704. The molecule has 1 aromatic heterocycles. The SMILES string of the molecule is Nc1cccc2c1CN(C(=O)c1n[nH]c(C3CC3)n1)CC2. The minimum atomic E-state index is -0.118. The lowest BCUT2D eigenvalue weighted by Crippen LogP contribution is -2.37. The molecule has 0 unspecified atom stereocenters. The molecule has 0 bridgehead atoms. The highest BCUT2D eigenvalue weighted by Crippen LogP contribution is 2.37. The molecule has 1 aromatic carbocycles. The lowest BCUT2D eigenvalue weighted by atomic mass is 9.98. The third-order valence-corrected chi connectivity index (χ3v) is 4.25. The molecule has 1 aliphatic heterocycles. The van der Waals surface area contributed by atoms with Crippen LogP contribution >= 0.6 is 0 Å². The molecule has 4 rings (SSSR count). The smallest absolute Gasteiger partial charge is 0.293 e. The molecule has 1 fully saturated rings. The number of rotatable bonds is 2. The van der Waals surface area contributed by atoms with Crippen LogP contribution in [0.3, 0.4) is 0 Å². The van der Waals surface area contributed by atoms with Crippen LogP contribution in [0.15, 0.2) is 18.2 Å². The second-order valence-electron chi connectivity index (χ2n) is 5.78. The number of carbonyl (C=O) groups excluding carboxylic acids is 1. The van der Waals surface area contributed by atoms with Crippen molar-refractivity contribution >= 4 is 11.6 Å². The molecule has 1 saturated carbocycles. The van der Waals surface area contributed by atoms with Crippen molar-refractivity contribution in [1.29, 1.82) is 0 Å². The summed E-state index contributed by atoms with van der Waals surface area (Å²) in [4.78, 5) is 18.6. The van der Waals surface area contributed by atoms with Gasteiger partial charge in [-0.15, -0.1) is 5.10 Å². The van der Waals surface area contributed by atoms with Crippen molar-refractivity contribution in [2.24, 2.45) is 0 Å². The predicted molar refractivity (Wildman–Crippen MR) is 77.7 cm³/mol. The molecule has 21 heavy (non-hydrogen) atoms. The zero-order valence-corrected chi connectivity index (χ0v) is 11.7. The van der Waals surface area contributed by atoms with E-state index in [1.807, 2.05) is 12.1 Å². The zero-order chi connectivity index (χ0) is 14.4. The van der Waals surface area contributed by atoms with Gasteiger partial charge in [-0.05, 0) is 36.5 Å². The van der Waals surface area contributed by atoms with E-state index < -0.39 is 0 Å². The minimum Gasteiger partial charge on any atom is -0.398 e. The molecule has 0 saturated heterocycles. The maximum Gasteiger partial charge on any atom is 0.293 e. The third kappa shape index (κ3) is 2.16. The van der Waals surface area contributed by atoms with Gasteiger partial charge >= 0.3 is 0 Å². The molecule has 6 heteroatoms. The number of nitrogens with zero attached hydrogens (tertiary/aromatic N) is 3. The number of aromatic nitrogens is 3. The van der Waals surface area contributed by atoms with Crippen molar-refractivity contribution in [3.63, 3.8) is 0 Å². The first-order chi connectivity index (χ1) is 10.2. The molecule has 2 aromatic rings. The van der Waals surface area contributed by atoms with Crippen molar-refractivity contribution < 1.29 is 4.79 Å². The minimum absolute atomic E-state index is 0.118. The van der Waals surface area contributed by atoms with E-state index in [-0.39, 0.29) is 11.7 Å². The number of fused-ring (bicyclic) bond motifs is 1. The van der Waals surface area contributed by atoms with Gasteiger partial charge in [-0.25, -0.2) is 4.98 Å². The van der Waals surface area contributed by atoms with Gasteiger partial charge in [0.2, 0.25) is 5.82 Å². The number of aromatic amines is 1. The standard InChI is InChI=1S/C15H17N5O/c16-12-3-1-2-9-6-7-20(8-11(9)12)15(21)14-17-13(18-19-14)10-4-5-10/h1-3,10H,4-8,16H2,(H,17,18,19). The van der Waals surface area contributed by atoms with Gasteiger partial charge in [0, 0.05) is 24.7 Å². The van der Waals surface area contributed by atoms with E-state index in [4.69, 9.17) is 5.73 Å². The Morgan fingerprint density at radius 2 is 2.24 bits per heavy atom. The molecular formula is C15H17N5O. The summed E-state index contributed by atoms with van der Waals surface area (Å²) < 4.78 is 0. The van der Waals surface area contributed by atoms with Crippen LogP contribution in [-0.2, 0) is 13.0 Å². The lowest BCUT2D eigenvalue weighted by Gasteiger charge is -2.28. The average Bonchev–Trinajstić information content (AvgIpc) is 3.24. The molecular weight excluding hydrogens is 266 g/mol. The molecule has 0 atom stereocenters. The maximum atomic E-state index is 12.5. The quantitative estimate of drug-likeness (QED) is 0.817. The molecule has 3 N–H and O–H groups in total. The number of carbonyl (C=O) groups is 1. The molecule has 0 spiro atoms. The number of hydrogen-bond donors (Lipinski definition) is 2. The van der Waals surface area contributed by atoms with Gasteiger partial charge in [-0.3, -0.25) is 9.89 Å². The highest BCUT2D eigenvalue weighted by Gasteiger charge is 2.30. The summed E-state index contributed by atoms with van der Waals surface area (Å²) >= 11 is 0. The number of amides is 1. The van der Waals surface area contributed by atoms with Crippen LogP contribution in [0.1, 0.15) is 46.3 Å². The van der Waals surface area contributed by atoms with Crippen molar-refractivity contribution in [3.8, 4) is 0 Å². The first kappa shape index (κ1) is 12.4. The van der Waals surface area contributed by atoms with E-state index in [1.165, 1.54) is 5.56 Å². The summed E-state index contributed by atoms with van der Waals surface area (Å²) in [7, 11) is 0. The Morgan fingerprint density at radius 3 is 3.05 bits per heavy atom. The second-order valence-corrected chi connectivity index (χ2v) is 5.78. The Morgan fingerprint density at radius 1 is 1.38 bits per heavy atom. The van der Waals surface area contributed by atoms with Crippen LogP contribution < -0.4 is 5.73 Å². The van der Waals surface area contributed by atoms with Gasteiger partial charge in [0.25, 0.3) is 5.91 Å². The van der Waals surface area contributed by atoms with E-state index in [0.29, 0.717) is 19.0 Å². The molecule has 0 radical (unpaired) electrons. The first-order valence-corrected chi connectivity index (χ1v) is 7.30. The summed E-state index contributed by atoms with van der Waals surface area (Å²) in [5.41, 5.74) is 9.05. The highest BCUT2D eigenvalue weighted by atomic mass is 16.2. The van der Waals surface area contributed by atoms with Crippen LogP contribution in [0.2, 0.25) is 0 Å². The molecule has 6 nitrogen and oxygen atoms in total. The molecule has 1 amide bonds. The Labute approximate surface area is 122 Å².